The van der Waals surface area contributed by atoms with Crippen molar-refractivity contribution in [2.24, 2.45) is 0 Å². The van der Waals surface area contributed by atoms with Crippen LogP contribution in [-0.2, 0) is 0 Å². The van der Waals surface area contributed by atoms with Gasteiger partial charge in [-0.2, -0.15) is 0 Å². The summed E-state index contributed by atoms with van der Waals surface area (Å²) in [6, 6.07) is 0. The molecule has 14 heteroatoms. The number of rotatable bonds is 3. The smallest absolute Gasteiger partial charge is 0.366 e. The molecule has 0 heterocycles. The second-order valence-electron chi connectivity index (χ2n) is 2.83. The van der Waals surface area contributed by atoms with Crippen LogP contribution in [0.25, 0.3) is 0 Å². The van der Waals surface area contributed by atoms with E-state index in [9.17, 15) is 40.6 Å². The maximum absolute atomic E-state index is 10.6. The topological polar surface area (TPSA) is 170 Å². The largest absolute Gasteiger partial charge is 0.497 e. The summed E-state index contributed by atoms with van der Waals surface area (Å²) in [5.74, 6) is -2.94. The molecule has 0 spiro atoms. The number of hydrogen-bond acceptors (Lipinski definition) is 8. The normalized spacial score (nSPS) is 9.05. The molecule has 0 saturated carbocycles. The zero-order chi connectivity index (χ0) is 14.2. The molecule has 0 bridgehead atoms. The van der Waals surface area contributed by atoms with Crippen LogP contribution in [0.15, 0.2) is 4.47 Å². The van der Waals surface area contributed by atoms with Crippen molar-refractivity contribution in [2.45, 2.75) is 0 Å². The Kier molecular flexibility index (Phi) is 10.4. The van der Waals surface area contributed by atoms with Gasteiger partial charge in [0.1, 0.15) is 0 Å². The molecule has 0 atom stereocenters. The Labute approximate surface area is 203 Å². The van der Waals surface area contributed by atoms with Gasteiger partial charge in [-0.3, -0.25) is 30.3 Å². The van der Waals surface area contributed by atoms with Gasteiger partial charge in [0.05, 0.1) is 14.8 Å². The van der Waals surface area contributed by atoms with Gasteiger partial charge in [0, 0.05) is 103 Å². The van der Waals surface area contributed by atoms with E-state index in [1.165, 1.54) is 0 Å². The third-order valence-electron chi connectivity index (χ3n) is 1.86. The van der Waals surface area contributed by atoms with E-state index in [0.29, 0.717) is 0 Å². The predicted octanol–water partition coefficient (Wildman–Crippen LogP) is 0.823. The number of nitro groups is 3. The van der Waals surface area contributed by atoms with E-state index in [0.717, 1.165) is 0 Å². The van der Waals surface area contributed by atoms with Gasteiger partial charge in [0.2, 0.25) is 0 Å². The number of aromatic hydroxyl groups is 2. The van der Waals surface area contributed by atoms with Gasteiger partial charge in [0.15, 0.2) is 4.47 Å². The summed E-state index contributed by atoms with van der Waals surface area (Å²) < 4.78 is -0.863. The third-order valence-corrected chi connectivity index (χ3v) is 2.61. The van der Waals surface area contributed by atoms with Gasteiger partial charge >= 0.3 is 17.1 Å². The van der Waals surface area contributed by atoms with Crippen molar-refractivity contribution in [3.05, 3.63) is 34.8 Å². The Hall–Kier alpha value is 0.773. The first-order valence-corrected chi connectivity index (χ1v) is 4.70. The number of hydrogen-bond donors (Lipinski definition) is 2. The Balaban J connectivity index is 0. The molecule has 0 unspecified atom stereocenters. The number of halogens is 1. The van der Waals surface area contributed by atoms with Crippen molar-refractivity contribution in [3.8, 4) is 11.5 Å². The predicted molar refractivity (Wildman–Crippen MR) is 68.9 cm³/mol. The SMILES string of the molecule is O=[N+]([O-])c1c(O)c([N+](=O)[O-])c(Br)c([N+](=O)[O-])c1O.[K].[K]. The van der Waals surface area contributed by atoms with Crippen LogP contribution < -0.4 is 0 Å². The van der Waals surface area contributed by atoms with Crippen LogP contribution in [0.1, 0.15) is 0 Å². The van der Waals surface area contributed by atoms with Gasteiger partial charge in [-0.1, -0.05) is 0 Å². The summed E-state index contributed by atoms with van der Waals surface area (Å²) in [6.45, 7) is 0. The minimum atomic E-state index is -1.50. The number of nitro benzene ring substituents is 3. The number of benzene rings is 1. The fourth-order valence-corrected chi connectivity index (χ4v) is 1.83. The summed E-state index contributed by atoms with van der Waals surface area (Å²) in [4.78, 5) is 27.8. The van der Waals surface area contributed by atoms with Crippen LogP contribution in [0.5, 0.6) is 11.5 Å². The van der Waals surface area contributed by atoms with Crippen molar-refractivity contribution < 1.29 is 25.0 Å². The summed E-state index contributed by atoms with van der Waals surface area (Å²) >= 11 is 2.44. The fraction of sp³-hybridized carbons (Fsp3) is 0. The Bertz CT molecular complexity index is 492. The van der Waals surface area contributed by atoms with Crippen molar-refractivity contribution in [1.82, 2.24) is 0 Å². The zero-order valence-electron chi connectivity index (χ0n) is 10.1. The van der Waals surface area contributed by atoms with Gasteiger partial charge in [-0.25, -0.2) is 0 Å². The zero-order valence-corrected chi connectivity index (χ0v) is 17.9. The van der Waals surface area contributed by atoms with Gasteiger partial charge in [0.25, 0.3) is 11.5 Å². The Morgan fingerprint density at radius 1 is 0.750 bits per heavy atom. The molecule has 0 fully saturated rings. The molecule has 0 aliphatic carbocycles. The number of phenols is 2. The summed E-state index contributed by atoms with van der Waals surface area (Å²) in [5.41, 5.74) is -4.05. The van der Waals surface area contributed by atoms with Crippen LogP contribution >= 0.6 is 15.9 Å². The first-order chi connectivity index (χ1) is 8.20. The average molecular weight is 402 g/mol. The van der Waals surface area contributed by atoms with Crippen LogP contribution in [-0.4, -0.2) is 128 Å². The van der Waals surface area contributed by atoms with E-state index in [2.05, 4.69) is 15.9 Å². The molecule has 1 aromatic rings. The molecule has 0 saturated heterocycles. The van der Waals surface area contributed by atoms with E-state index < -0.39 is 47.8 Å². The average Bonchev–Trinajstić information content (AvgIpc) is 2.14. The second kappa shape index (κ2) is 9.03. The molecule has 0 aliphatic rings. The van der Waals surface area contributed by atoms with Crippen LogP contribution in [0.4, 0.5) is 17.1 Å². The van der Waals surface area contributed by atoms with Crippen molar-refractivity contribution in [1.29, 1.82) is 0 Å². The van der Waals surface area contributed by atoms with Crippen LogP contribution in [0.3, 0.4) is 0 Å². The van der Waals surface area contributed by atoms with E-state index >= 15 is 0 Å². The number of nitrogens with zero attached hydrogens (tertiary/aromatic N) is 3. The standard InChI is InChI=1S/C6H2BrN3O8.2K/c7-1-2(8(13)14)5(11)4(10(17)18)6(12)3(1)9(15)16;;/h11-12H;;. The Morgan fingerprint density at radius 3 is 1.20 bits per heavy atom. The molecule has 2 radical (unpaired) electrons. The first kappa shape index (κ1) is 23.0. The van der Waals surface area contributed by atoms with Crippen LogP contribution in [0.2, 0.25) is 0 Å². The Morgan fingerprint density at radius 2 is 1.00 bits per heavy atom. The van der Waals surface area contributed by atoms with Gasteiger partial charge in [-0.05, 0) is 15.9 Å². The fourth-order valence-electron chi connectivity index (χ4n) is 1.16. The molecule has 0 aromatic heterocycles. The molecule has 0 aliphatic heterocycles. The first-order valence-electron chi connectivity index (χ1n) is 3.90. The molecule has 1 aromatic carbocycles. The molecule has 11 nitrogen and oxygen atoms in total. The molecule has 1 rings (SSSR count). The third kappa shape index (κ3) is 4.39. The molecule has 0 amide bonds. The van der Waals surface area contributed by atoms with Crippen molar-refractivity contribution in [3.63, 3.8) is 0 Å². The maximum Gasteiger partial charge on any atom is 0.366 e. The minimum absolute atomic E-state index is 0. The van der Waals surface area contributed by atoms with Gasteiger partial charge < -0.3 is 10.2 Å². The van der Waals surface area contributed by atoms with E-state index in [1.807, 2.05) is 0 Å². The van der Waals surface area contributed by atoms with Crippen molar-refractivity contribution >= 4 is 136 Å². The summed E-state index contributed by atoms with van der Waals surface area (Å²) in [6.07, 6.45) is 0. The van der Waals surface area contributed by atoms with E-state index in [-0.39, 0.29) is 103 Å². The second-order valence-corrected chi connectivity index (χ2v) is 3.62. The molecular formula is C6H2BrK2N3O8. The van der Waals surface area contributed by atoms with Gasteiger partial charge in [-0.15, -0.1) is 0 Å². The number of phenolic OH excluding ortho intramolecular Hbond substituents is 2. The van der Waals surface area contributed by atoms with Crippen LogP contribution in [0, 0.1) is 30.3 Å². The quantitative estimate of drug-likeness (QED) is 0.425. The molecular weight excluding hydrogens is 400 g/mol. The maximum atomic E-state index is 10.6. The summed E-state index contributed by atoms with van der Waals surface area (Å²) in [5, 5.41) is 50.3. The molecule has 98 valence electrons. The van der Waals surface area contributed by atoms with Crippen molar-refractivity contribution in [2.75, 3.05) is 0 Å². The molecule has 2 N–H and O–H groups in total. The summed E-state index contributed by atoms with van der Waals surface area (Å²) in [7, 11) is 0. The van der Waals surface area contributed by atoms with E-state index in [4.69, 9.17) is 0 Å². The molecule has 20 heavy (non-hydrogen) atoms. The minimum Gasteiger partial charge on any atom is -0.497 e. The monoisotopic (exact) mass is 401 g/mol. The van der Waals surface area contributed by atoms with E-state index in [1.54, 1.807) is 0 Å².